The summed E-state index contributed by atoms with van der Waals surface area (Å²) in [5, 5.41) is 0. The average molecular weight is 408 g/mol. The van der Waals surface area contributed by atoms with Crippen LogP contribution in [-0.4, -0.2) is 31.3 Å². The van der Waals surface area contributed by atoms with Crippen LogP contribution in [0.15, 0.2) is 61.2 Å². The van der Waals surface area contributed by atoms with Crippen molar-refractivity contribution in [1.82, 2.24) is 0 Å². The molecule has 0 N–H and O–H groups in total. The Kier molecular flexibility index (Phi) is 8.07. The summed E-state index contributed by atoms with van der Waals surface area (Å²) < 4.78 is 16.2. The zero-order valence-corrected chi connectivity index (χ0v) is 17.2. The molecule has 3 rings (SSSR count). The lowest BCUT2D eigenvalue weighted by molar-refractivity contribution is -0.137. The molecule has 1 aliphatic carbocycles. The fourth-order valence-electron chi connectivity index (χ4n) is 3.43. The molecule has 5 nitrogen and oxygen atoms in total. The van der Waals surface area contributed by atoms with Crippen molar-refractivity contribution in [2.75, 3.05) is 13.2 Å². The summed E-state index contributed by atoms with van der Waals surface area (Å²) in [6, 6.07) is 15.2. The van der Waals surface area contributed by atoms with Gasteiger partial charge in [-0.3, -0.25) is 0 Å². The molecule has 0 atom stereocenters. The van der Waals surface area contributed by atoms with Gasteiger partial charge in [-0.05, 0) is 61.1 Å². The number of hydrogen-bond acceptors (Lipinski definition) is 5. The molecule has 0 spiro atoms. The first kappa shape index (κ1) is 21.6. The maximum absolute atomic E-state index is 12.3. The van der Waals surface area contributed by atoms with E-state index >= 15 is 0 Å². The highest BCUT2D eigenvalue weighted by atomic mass is 16.5. The summed E-state index contributed by atoms with van der Waals surface area (Å²) in [6.07, 6.45) is 7.27. The van der Waals surface area contributed by atoms with Crippen molar-refractivity contribution in [3.05, 3.63) is 66.7 Å². The lowest BCUT2D eigenvalue weighted by Crippen LogP contribution is -2.20. The lowest BCUT2D eigenvalue weighted by Gasteiger charge is -2.21. The molecule has 0 amide bonds. The molecule has 5 heteroatoms. The monoisotopic (exact) mass is 408 g/mol. The van der Waals surface area contributed by atoms with Crippen LogP contribution in [-0.2, 0) is 14.3 Å². The summed E-state index contributed by atoms with van der Waals surface area (Å²) >= 11 is 0. The third kappa shape index (κ3) is 6.48. The summed E-state index contributed by atoms with van der Waals surface area (Å²) in [5.41, 5.74) is 2.64. The Balaban J connectivity index is 1.48. The minimum atomic E-state index is -0.423. The molecule has 158 valence electrons. The van der Waals surface area contributed by atoms with Crippen LogP contribution in [0, 0.1) is 0 Å². The molecule has 1 saturated carbocycles. The molecule has 1 aliphatic rings. The van der Waals surface area contributed by atoms with Crippen LogP contribution in [0.25, 0.3) is 11.1 Å². The van der Waals surface area contributed by atoms with E-state index in [1.165, 1.54) is 6.42 Å². The van der Waals surface area contributed by atoms with Gasteiger partial charge >= 0.3 is 11.9 Å². The van der Waals surface area contributed by atoms with Crippen molar-refractivity contribution in [2.24, 2.45) is 0 Å². The summed E-state index contributed by atoms with van der Waals surface area (Å²) in [7, 11) is 0. The van der Waals surface area contributed by atoms with E-state index in [1.807, 2.05) is 48.5 Å². The van der Waals surface area contributed by atoms with E-state index < -0.39 is 5.97 Å². The van der Waals surface area contributed by atoms with E-state index in [4.69, 9.17) is 14.2 Å². The van der Waals surface area contributed by atoms with Gasteiger partial charge in [0.1, 0.15) is 11.9 Å². The van der Waals surface area contributed by atoms with Crippen LogP contribution in [0.5, 0.6) is 5.75 Å². The smallest absolute Gasteiger partial charge is 0.338 e. The third-order valence-electron chi connectivity index (χ3n) is 5.10. The molecular weight excluding hydrogens is 380 g/mol. The second kappa shape index (κ2) is 11.2. The maximum atomic E-state index is 12.3. The summed E-state index contributed by atoms with van der Waals surface area (Å²) in [4.78, 5) is 23.3. The van der Waals surface area contributed by atoms with Gasteiger partial charge in [-0.1, -0.05) is 37.3 Å². The minimum absolute atomic E-state index is 0.0625. The standard InChI is InChI=1S/C25H28O5/c1-2-24(26)29-18-6-17-28-22-15-13-20(14-16-22)19-9-11-21(12-10-19)25(27)30-23-7-4-3-5-8-23/h2,9-16,23H,1,3-8,17-18H2. The van der Waals surface area contributed by atoms with Crippen molar-refractivity contribution >= 4 is 11.9 Å². The third-order valence-corrected chi connectivity index (χ3v) is 5.10. The molecule has 0 unspecified atom stereocenters. The number of carbonyl (C=O) groups excluding carboxylic acids is 2. The van der Waals surface area contributed by atoms with Crippen molar-refractivity contribution in [3.63, 3.8) is 0 Å². The lowest BCUT2D eigenvalue weighted by atomic mass is 9.98. The zero-order chi connectivity index (χ0) is 21.2. The topological polar surface area (TPSA) is 61.8 Å². The van der Waals surface area contributed by atoms with E-state index in [9.17, 15) is 9.59 Å². The number of esters is 2. The molecular formula is C25H28O5. The normalized spacial score (nSPS) is 14.0. The van der Waals surface area contributed by atoms with Gasteiger partial charge < -0.3 is 14.2 Å². The Morgan fingerprint density at radius 3 is 2.17 bits per heavy atom. The highest BCUT2D eigenvalue weighted by molar-refractivity contribution is 5.90. The fraction of sp³-hybridized carbons (Fsp3) is 0.360. The predicted octanol–water partition coefficient (Wildman–Crippen LogP) is 5.34. The van der Waals surface area contributed by atoms with Crippen LogP contribution >= 0.6 is 0 Å². The second-order valence-electron chi connectivity index (χ2n) is 7.34. The predicted molar refractivity (Wildman–Crippen MR) is 115 cm³/mol. The van der Waals surface area contributed by atoms with Crippen molar-refractivity contribution in [3.8, 4) is 16.9 Å². The summed E-state index contributed by atoms with van der Waals surface area (Å²) in [6.45, 7) is 4.11. The van der Waals surface area contributed by atoms with Gasteiger partial charge in [0.25, 0.3) is 0 Å². The number of benzene rings is 2. The molecule has 0 heterocycles. The molecule has 2 aromatic carbocycles. The molecule has 0 aromatic heterocycles. The molecule has 1 fully saturated rings. The van der Waals surface area contributed by atoms with Crippen LogP contribution in [0.1, 0.15) is 48.9 Å². The molecule has 0 saturated heterocycles. The number of ether oxygens (including phenoxy) is 3. The van der Waals surface area contributed by atoms with Crippen LogP contribution in [0.4, 0.5) is 0 Å². The zero-order valence-electron chi connectivity index (χ0n) is 17.2. The van der Waals surface area contributed by atoms with Crippen molar-refractivity contribution in [2.45, 2.75) is 44.6 Å². The second-order valence-corrected chi connectivity index (χ2v) is 7.34. The first-order valence-corrected chi connectivity index (χ1v) is 10.5. The van der Waals surface area contributed by atoms with E-state index in [1.54, 1.807) is 0 Å². The number of rotatable bonds is 9. The van der Waals surface area contributed by atoms with E-state index in [0.717, 1.165) is 48.6 Å². The van der Waals surface area contributed by atoms with Gasteiger partial charge in [0, 0.05) is 12.5 Å². The van der Waals surface area contributed by atoms with E-state index in [-0.39, 0.29) is 12.1 Å². The highest BCUT2D eigenvalue weighted by Crippen LogP contribution is 2.24. The van der Waals surface area contributed by atoms with Crippen molar-refractivity contribution < 1.29 is 23.8 Å². The van der Waals surface area contributed by atoms with Gasteiger partial charge in [-0.25, -0.2) is 9.59 Å². The summed E-state index contributed by atoms with van der Waals surface area (Å²) in [5.74, 6) is 0.0880. The Labute approximate surface area is 177 Å². The minimum Gasteiger partial charge on any atom is -0.493 e. The first-order chi connectivity index (χ1) is 14.7. The molecule has 0 bridgehead atoms. The van der Waals surface area contributed by atoms with Crippen LogP contribution in [0.3, 0.4) is 0 Å². The Hall–Kier alpha value is -3.08. The average Bonchev–Trinajstić information content (AvgIpc) is 2.80. The molecule has 30 heavy (non-hydrogen) atoms. The van der Waals surface area contributed by atoms with E-state index in [0.29, 0.717) is 25.2 Å². The van der Waals surface area contributed by atoms with Gasteiger partial charge in [0.05, 0.1) is 18.8 Å². The van der Waals surface area contributed by atoms with E-state index in [2.05, 4.69) is 6.58 Å². The fourth-order valence-corrected chi connectivity index (χ4v) is 3.43. The van der Waals surface area contributed by atoms with Gasteiger partial charge in [-0.15, -0.1) is 0 Å². The largest absolute Gasteiger partial charge is 0.493 e. The van der Waals surface area contributed by atoms with Gasteiger partial charge in [0.2, 0.25) is 0 Å². The van der Waals surface area contributed by atoms with Gasteiger partial charge in [-0.2, -0.15) is 0 Å². The van der Waals surface area contributed by atoms with Gasteiger partial charge in [0.15, 0.2) is 0 Å². The highest BCUT2D eigenvalue weighted by Gasteiger charge is 2.18. The van der Waals surface area contributed by atoms with Crippen LogP contribution in [0.2, 0.25) is 0 Å². The Bertz CT molecular complexity index is 833. The molecule has 0 radical (unpaired) electrons. The van der Waals surface area contributed by atoms with Crippen LogP contribution < -0.4 is 4.74 Å². The van der Waals surface area contributed by atoms with Crippen molar-refractivity contribution in [1.29, 1.82) is 0 Å². The molecule has 2 aromatic rings. The molecule has 0 aliphatic heterocycles. The quantitative estimate of drug-likeness (QED) is 0.318. The first-order valence-electron chi connectivity index (χ1n) is 10.5. The Morgan fingerprint density at radius 2 is 1.53 bits per heavy atom. The Morgan fingerprint density at radius 1 is 0.900 bits per heavy atom. The number of carbonyl (C=O) groups is 2. The SMILES string of the molecule is C=CC(=O)OCCCOc1ccc(-c2ccc(C(=O)OC3CCCCC3)cc2)cc1. The maximum Gasteiger partial charge on any atom is 0.338 e. The number of hydrogen-bond donors (Lipinski definition) is 0.